The summed E-state index contributed by atoms with van der Waals surface area (Å²) in [6.45, 7) is 1.59. The topological polar surface area (TPSA) is 98.0 Å². The third-order valence-electron chi connectivity index (χ3n) is 2.43. The summed E-state index contributed by atoms with van der Waals surface area (Å²) in [5.74, 6) is -0.282. The van der Waals surface area contributed by atoms with Gasteiger partial charge in [-0.1, -0.05) is 0 Å². The monoisotopic (exact) mass is 235 g/mol. The van der Waals surface area contributed by atoms with Crippen LogP contribution < -0.4 is 11.0 Å². The van der Waals surface area contributed by atoms with Gasteiger partial charge in [-0.05, 0) is 25.1 Å². The quantitative estimate of drug-likeness (QED) is 0.601. The number of carbonyl (C=O) groups is 1. The Kier molecular flexibility index (Phi) is 2.97. The minimum Gasteiger partial charge on any atom is -0.394 e. The molecular formula is C11H13N3O3. The lowest BCUT2D eigenvalue weighted by Crippen LogP contribution is -2.34. The third-order valence-corrected chi connectivity index (χ3v) is 2.43. The molecule has 0 bridgehead atoms. The first-order valence-corrected chi connectivity index (χ1v) is 5.24. The van der Waals surface area contributed by atoms with Gasteiger partial charge in [-0.15, -0.1) is 0 Å². The average Bonchev–Trinajstić information content (AvgIpc) is 2.67. The van der Waals surface area contributed by atoms with Crippen molar-refractivity contribution >= 4 is 16.9 Å². The maximum Gasteiger partial charge on any atom is 0.323 e. The molecule has 0 aliphatic heterocycles. The van der Waals surface area contributed by atoms with Crippen LogP contribution in [0.15, 0.2) is 23.0 Å². The second-order valence-electron chi connectivity index (χ2n) is 3.90. The second kappa shape index (κ2) is 4.42. The van der Waals surface area contributed by atoms with Crippen molar-refractivity contribution in [2.24, 2.45) is 0 Å². The number of benzene rings is 1. The van der Waals surface area contributed by atoms with Crippen LogP contribution in [0.2, 0.25) is 0 Å². The maximum absolute atomic E-state index is 11.7. The van der Waals surface area contributed by atoms with Gasteiger partial charge < -0.3 is 20.4 Å². The fourth-order valence-corrected chi connectivity index (χ4v) is 1.53. The molecule has 0 saturated heterocycles. The highest BCUT2D eigenvalue weighted by molar-refractivity contribution is 5.97. The summed E-state index contributed by atoms with van der Waals surface area (Å²) in [6, 6.07) is 4.56. The van der Waals surface area contributed by atoms with Crippen LogP contribution in [0.1, 0.15) is 17.3 Å². The molecule has 0 aliphatic rings. The van der Waals surface area contributed by atoms with E-state index in [4.69, 9.17) is 5.11 Å². The number of hydrogen-bond donors (Lipinski definition) is 4. The largest absolute Gasteiger partial charge is 0.394 e. The number of rotatable bonds is 3. The highest BCUT2D eigenvalue weighted by Crippen LogP contribution is 2.10. The molecule has 2 aromatic rings. The van der Waals surface area contributed by atoms with E-state index in [2.05, 4.69) is 15.3 Å². The number of aromatic amines is 2. The highest BCUT2D eigenvalue weighted by atomic mass is 16.3. The molecule has 0 radical (unpaired) electrons. The van der Waals surface area contributed by atoms with Crippen LogP contribution in [0.25, 0.3) is 11.0 Å². The Balaban J connectivity index is 2.29. The summed E-state index contributed by atoms with van der Waals surface area (Å²) >= 11 is 0. The van der Waals surface area contributed by atoms with E-state index < -0.39 is 0 Å². The number of H-pyrrole nitrogens is 2. The minimum atomic E-state index is -0.304. The van der Waals surface area contributed by atoms with E-state index >= 15 is 0 Å². The molecule has 90 valence electrons. The van der Waals surface area contributed by atoms with Crippen molar-refractivity contribution in [3.05, 3.63) is 34.2 Å². The number of imidazole rings is 1. The normalized spacial score (nSPS) is 12.6. The maximum atomic E-state index is 11.7. The SMILES string of the molecule is CC(CO)NC(=O)c1ccc2[nH]c(=O)[nH]c2c1. The van der Waals surface area contributed by atoms with E-state index in [-0.39, 0.29) is 24.2 Å². The molecule has 0 aliphatic carbocycles. The molecular weight excluding hydrogens is 222 g/mol. The minimum absolute atomic E-state index is 0.116. The molecule has 2 rings (SSSR count). The Labute approximate surface area is 96.7 Å². The molecule has 1 heterocycles. The van der Waals surface area contributed by atoms with Crippen LogP contribution >= 0.6 is 0 Å². The summed E-state index contributed by atoms with van der Waals surface area (Å²) in [5.41, 5.74) is 1.37. The van der Waals surface area contributed by atoms with Gasteiger partial charge in [0.25, 0.3) is 5.91 Å². The smallest absolute Gasteiger partial charge is 0.323 e. The first kappa shape index (κ1) is 11.4. The van der Waals surface area contributed by atoms with Crippen LogP contribution in [0.4, 0.5) is 0 Å². The molecule has 17 heavy (non-hydrogen) atoms. The van der Waals surface area contributed by atoms with Gasteiger partial charge in [0.05, 0.1) is 17.6 Å². The van der Waals surface area contributed by atoms with Crippen LogP contribution in [-0.2, 0) is 0 Å². The molecule has 0 saturated carbocycles. The molecule has 6 nitrogen and oxygen atoms in total. The van der Waals surface area contributed by atoms with Gasteiger partial charge in [0, 0.05) is 11.6 Å². The fourth-order valence-electron chi connectivity index (χ4n) is 1.53. The number of amides is 1. The number of aromatic nitrogens is 2. The lowest BCUT2D eigenvalue weighted by Gasteiger charge is -2.10. The Morgan fingerprint density at radius 3 is 2.82 bits per heavy atom. The fraction of sp³-hybridized carbons (Fsp3) is 0.273. The van der Waals surface area contributed by atoms with Crippen LogP contribution in [-0.4, -0.2) is 33.6 Å². The number of carbonyl (C=O) groups excluding carboxylic acids is 1. The van der Waals surface area contributed by atoms with Gasteiger partial charge in [-0.3, -0.25) is 4.79 Å². The van der Waals surface area contributed by atoms with Crippen LogP contribution in [0.5, 0.6) is 0 Å². The summed E-state index contributed by atoms with van der Waals surface area (Å²) < 4.78 is 0. The zero-order chi connectivity index (χ0) is 12.4. The Morgan fingerprint density at radius 1 is 1.41 bits per heavy atom. The molecule has 0 fully saturated rings. The predicted octanol–water partition coefficient (Wildman–Crippen LogP) is -0.0332. The van der Waals surface area contributed by atoms with Crippen LogP contribution in [0.3, 0.4) is 0 Å². The second-order valence-corrected chi connectivity index (χ2v) is 3.90. The van der Waals surface area contributed by atoms with Gasteiger partial charge in [0.15, 0.2) is 0 Å². The van der Waals surface area contributed by atoms with Gasteiger partial charge in [-0.2, -0.15) is 0 Å². The number of fused-ring (bicyclic) bond motifs is 1. The van der Waals surface area contributed by atoms with E-state index in [1.807, 2.05) is 0 Å². The molecule has 1 atom stereocenters. The Hall–Kier alpha value is -2.08. The van der Waals surface area contributed by atoms with Crippen LogP contribution in [0, 0.1) is 0 Å². The number of hydrogen-bond acceptors (Lipinski definition) is 3. The zero-order valence-corrected chi connectivity index (χ0v) is 9.28. The molecule has 6 heteroatoms. The molecule has 1 aromatic carbocycles. The molecule has 0 spiro atoms. The van der Waals surface area contributed by atoms with Gasteiger partial charge in [-0.25, -0.2) is 4.79 Å². The van der Waals surface area contributed by atoms with E-state index in [1.54, 1.807) is 25.1 Å². The van der Waals surface area contributed by atoms with E-state index in [1.165, 1.54) is 0 Å². The van der Waals surface area contributed by atoms with Crippen molar-refractivity contribution in [1.82, 2.24) is 15.3 Å². The van der Waals surface area contributed by atoms with Crippen molar-refractivity contribution in [2.75, 3.05) is 6.61 Å². The molecule has 1 aromatic heterocycles. The van der Waals surface area contributed by atoms with Crippen molar-refractivity contribution in [3.63, 3.8) is 0 Å². The predicted molar refractivity (Wildman–Crippen MR) is 62.9 cm³/mol. The van der Waals surface area contributed by atoms with Crippen molar-refractivity contribution in [3.8, 4) is 0 Å². The number of nitrogens with one attached hydrogen (secondary N) is 3. The van der Waals surface area contributed by atoms with E-state index in [0.29, 0.717) is 16.6 Å². The summed E-state index contributed by atoms with van der Waals surface area (Å²) in [5, 5.41) is 11.5. The van der Waals surface area contributed by atoms with Crippen molar-refractivity contribution in [2.45, 2.75) is 13.0 Å². The Morgan fingerprint density at radius 2 is 2.12 bits per heavy atom. The lowest BCUT2D eigenvalue weighted by molar-refractivity contribution is 0.0922. The third kappa shape index (κ3) is 2.36. The summed E-state index contributed by atoms with van der Waals surface area (Å²) in [6.07, 6.45) is 0. The Bertz CT molecular complexity index is 599. The first-order valence-electron chi connectivity index (χ1n) is 5.24. The van der Waals surface area contributed by atoms with E-state index in [0.717, 1.165) is 0 Å². The average molecular weight is 235 g/mol. The molecule has 1 unspecified atom stereocenters. The highest BCUT2D eigenvalue weighted by Gasteiger charge is 2.10. The number of aliphatic hydroxyl groups is 1. The first-order chi connectivity index (χ1) is 8.10. The van der Waals surface area contributed by atoms with Gasteiger partial charge in [0.2, 0.25) is 0 Å². The standard InChI is InChI=1S/C11H13N3O3/c1-6(5-15)12-10(16)7-2-3-8-9(4-7)14-11(17)13-8/h2-4,6,15H,5H2,1H3,(H,12,16)(H2,13,14,17). The van der Waals surface area contributed by atoms with Gasteiger partial charge in [0.1, 0.15) is 0 Å². The van der Waals surface area contributed by atoms with Crippen molar-refractivity contribution in [1.29, 1.82) is 0 Å². The zero-order valence-electron chi connectivity index (χ0n) is 9.28. The lowest BCUT2D eigenvalue weighted by atomic mass is 10.2. The molecule has 1 amide bonds. The summed E-state index contributed by atoms with van der Waals surface area (Å²) in [4.78, 5) is 28.0. The van der Waals surface area contributed by atoms with Gasteiger partial charge >= 0.3 is 5.69 Å². The molecule has 4 N–H and O–H groups in total. The number of aliphatic hydroxyl groups excluding tert-OH is 1. The van der Waals surface area contributed by atoms with Crippen molar-refractivity contribution < 1.29 is 9.90 Å². The van der Waals surface area contributed by atoms with E-state index in [9.17, 15) is 9.59 Å². The summed E-state index contributed by atoms with van der Waals surface area (Å²) in [7, 11) is 0.